The molecule has 0 aliphatic carbocycles. The summed E-state index contributed by atoms with van der Waals surface area (Å²) >= 11 is 12.3. The molecule has 2 aromatic carbocycles. The van der Waals surface area contributed by atoms with Gasteiger partial charge in [-0.2, -0.15) is 0 Å². The number of benzene rings is 2. The lowest BCUT2D eigenvalue weighted by Crippen LogP contribution is -2.55. The highest BCUT2D eigenvalue weighted by molar-refractivity contribution is 7.90. The second-order valence-corrected chi connectivity index (χ2v) is 11.9. The van der Waals surface area contributed by atoms with Crippen molar-refractivity contribution in [3.8, 4) is 0 Å². The normalized spacial score (nSPS) is 15.5. The van der Waals surface area contributed by atoms with Crippen LogP contribution in [0.3, 0.4) is 0 Å². The van der Waals surface area contributed by atoms with Gasteiger partial charge in [0.05, 0.1) is 5.56 Å². The van der Waals surface area contributed by atoms with Crippen molar-refractivity contribution in [2.24, 2.45) is 0 Å². The van der Waals surface area contributed by atoms with Crippen molar-refractivity contribution in [1.29, 1.82) is 0 Å². The minimum atomic E-state index is -4.20. The first-order valence-electron chi connectivity index (χ1n) is 11.0. The van der Waals surface area contributed by atoms with Crippen LogP contribution in [0.5, 0.6) is 0 Å². The van der Waals surface area contributed by atoms with Gasteiger partial charge in [-0.3, -0.25) is 14.4 Å². The molecule has 0 unspecified atom stereocenters. The molecule has 1 N–H and O–H groups in total. The van der Waals surface area contributed by atoms with E-state index in [0.29, 0.717) is 19.9 Å². The molecule has 188 valence electrons. The molecule has 11 heteroatoms. The third-order valence-corrected chi connectivity index (χ3v) is 7.80. The van der Waals surface area contributed by atoms with Crippen LogP contribution < -0.4 is 5.32 Å². The van der Waals surface area contributed by atoms with Crippen LogP contribution in [0.15, 0.2) is 47.4 Å². The first-order chi connectivity index (χ1) is 16.3. The van der Waals surface area contributed by atoms with E-state index in [4.69, 9.17) is 23.2 Å². The van der Waals surface area contributed by atoms with E-state index in [1.807, 2.05) is 20.8 Å². The lowest BCUT2D eigenvalue weighted by molar-refractivity contribution is -0.141. The highest BCUT2D eigenvalue weighted by Gasteiger charge is 2.43. The van der Waals surface area contributed by atoms with E-state index in [2.05, 4.69) is 5.32 Å². The standard InChI is InChI=1S/C24H27Cl2N3O5S/c1-5-19(22(31)27-24(2,3)4)28(13-15-10-11-16(25)12-18(15)26)21(30)14-29-23(32)17-8-6-7-9-20(17)35(29,33)34/h6-12,19H,5,13-14H2,1-4H3,(H,27,31)/t19-/m0/s1. The van der Waals surface area contributed by atoms with Crippen LogP contribution in [0, 0.1) is 0 Å². The number of sulfonamides is 1. The van der Waals surface area contributed by atoms with Gasteiger partial charge >= 0.3 is 0 Å². The van der Waals surface area contributed by atoms with Gasteiger partial charge in [-0.05, 0) is 57.0 Å². The van der Waals surface area contributed by atoms with Gasteiger partial charge in [-0.25, -0.2) is 12.7 Å². The molecule has 1 heterocycles. The predicted molar refractivity (Wildman–Crippen MR) is 134 cm³/mol. The van der Waals surface area contributed by atoms with Crippen LogP contribution in [0.1, 0.15) is 50.0 Å². The molecule has 0 bridgehead atoms. The number of nitrogens with zero attached hydrogens (tertiary/aromatic N) is 2. The fraction of sp³-hybridized carbons (Fsp3) is 0.375. The van der Waals surface area contributed by atoms with Crippen molar-refractivity contribution in [1.82, 2.24) is 14.5 Å². The molecule has 0 spiro atoms. The molecule has 3 rings (SSSR count). The lowest BCUT2D eigenvalue weighted by atomic mass is 10.1. The zero-order valence-corrected chi connectivity index (χ0v) is 22.2. The Morgan fingerprint density at radius 1 is 1.11 bits per heavy atom. The molecule has 0 radical (unpaired) electrons. The number of nitrogens with one attached hydrogen (secondary N) is 1. The molecule has 0 aromatic heterocycles. The summed E-state index contributed by atoms with van der Waals surface area (Å²) in [4.78, 5) is 40.6. The number of amides is 3. The minimum absolute atomic E-state index is 0.00473. The number of hydrogen-bond donors (Lipinski definition) is 1. The van der Waals surface area contributed by atoms with Crippen molar-refractivity contribution < 1.29 is 22.8 Å². The maximum Gasteiger partial charge on any atom is 0.269 e. The van der Waals surface area contributed by atoms with Crippen LogP contribution in [0.2, 0.25) is 10.0 Å². The van der Waals surface area contributed by atoms with Crippen molar-refractivity contribution in [2.75, 3.05) is 6.54 Å². The molecule has 1 aliphatic heterocycles. The summed E-state index contributed by atoms with van der Waals surface area (Å²) in [5.41, 5.74) is -0.0389. The quantitative estimate of drug-likeness (QED) is 0.575. The van der Waals surface area contributed by atoms with E-state index < -0.39 is 45.9 Å². The SMILES string of the molecule is CC[C@@H](C(=O)NC(C)(C)C)N(Cc1ccc(Cl)cc1Cl)C(=O)CN1C(=O)c2ccccc2S1(=O)=O. The van der Waals surface area contributed by atoms with E-state index in [-0.39, 0.29) is 23.4 Å². The molecule has 35 heavy (non-hydrogen) atoms. The van der Waals surface area contributed by atoms with Crippen molar-refractivity contribution in [3.05, 3.63) is 63.6 Å². The lowest BCUT2D eigenvalue weighted by Gasteiger charge is -2.34. The number of halogens is 2. The molecule has 1 atom stereocenters. The molecule has 1 aliphatic rings. The fourth-order valence-corrected chi connectivity index (χ4v) is 5.79. The van der Waals surface area contributed by atoms with Gasteiger partial charge < -0.3 is 10.2 Å². The van der Waals surface area contributed by atoms with Crippen LogP contribution in [-0.2, 0) is 26.2 Å². The smallest absolute Gasteiger partial charge is 0.269 e. The number of fused-ring (bicyclic) bond motifs is 1. The van der Waals surface area contributed by atoms with Gasteiger partial charge in [-0.1, -0.05) is 48.3 Å². The molecule has 2 aromatic rings. The number of carbonyl (C=O) groups is 3. The van der Waals surface area contributed by atoms with E-state index >= 15 is 0 Å². The maximum absolute atomic E-state index is 13.6. The zero-order valence-electron chi connectivity index (χ0n) is 19.8. The van der Waals surface area contributed by atoms with Crippen LogP contribution in [-0.4, -0.2) is 53.5 Å². The third-order valence-electron chi connectivity index (χ3n) is 5.43. The summed E-state index contributed by atoms with van der Waals surface area (Å²) in [7, 11) is -4.20. The van der Waals surface area contributed by atoms with Gasteiger partial charge in [0.25, 0.3) is 15.9 Å². The van der Waals surface area contributed by atoms with Crippen molar-refractivity contribution in [2.45, 2.75) is 57.1 Å². The summed E-state index contributed by atoms with van der Waals surface area (Å²) in [6.45, 7) is 6.34. The van der Waals surface area contributed by atoms with E-state index in [1.165, 1.54) is 29.2 Å². The predicted octanol–water partition coefficient (Wildman–Crippen LogP) is 3.86. The van der Waals surface area contributed by atoms with E-state index in [1.54, 1.807) is 25.1 Å². The van der Waals surface area contributed by atoms with Gasteiger partial charge in [0.15, 0.2) is 0 Å². The first kappa shape index (κ1) is 27.0. The summed E-state index contributed by atoms with van der Waals surface area (Å²) < 4.78 is 26.5. The van der Waals surface area contributed by atoms with Crippen LogP contribution in [0.4, 0.5) is 0 Å². The Morgan fingerprint density at radius 2 is 1.77 bits per heavy atom. The van der Waals surface area contributed by atoms with Crippen molar-refractivity contribution >= 4 is 50.9 Å². The second-order valence-electron chi connectivity index (χ2n) is 9.23. The molecule has 0 saturated carbocycles. The highest BCUT2D eigenvalue weighted by Crippen LogP contribution is 2.30. The summed E-state index contributed by atoms with van der Waals surface area (Å²) in [6, 6.07) is 9.60. The third kappa shape index (κ3) is 5.79. The monoisotopic (exact) mass is 539 g/mol. The van der Waals surface area contributed by atoms with Gasteiger partial charge in [0.2, 0.25) is 11.8 Å². The van der Waals surface area contributed by atoms with Crippen molar-refractivity contribution in [3.63, 3.8) is 0 Å². The molecular formula is C24H27Cl2N3O5S. The Hall–Kier alpha value is -2.62. The molecule has 0 saturated heterocycles. The largest absolute Gasteiger partial charge is 0.350 e. The Labute approximate surface area is 215 Å². The van der Waals surface area contributed by atoms with Crippen LogP contribution in [0.25, 0.3) is 0 Å². The van der Waals surface area contributed by atoms with Gasteiger partial charge in [-0.15, -0.1) is 0 Å². The van der Waals surface area contributed by atoms with Gasteiger partial charge in [0.1, 0.15) is 17.5 Å². The zero-order chi connectivity index (χ0) is 26.1. The average Bonchev–Trinajstić information content (AvgIpc) is 2.94. The molecular weight excluding hydrogens is 513 g/mol. The highest BCUT2D eigenvalue weighted by atomic mass is 35.5. The maximum atomic E-state index is 13.6. The van der Waals surface area contributed by atoms with Crippen LogP contribution >= 0.6 is 23.2 Å². The topological polar surface area (TPSA) is 104 Å². The summed E-state index contributed by atoms with van der Waals surface area (Å²) in [6.07, 6.45) is 0.250. The molecule has 3 amide bonds. The number of carbonyl (C=O) groups excluding carboxylic acids is 3. The van der Waals surface area contributed by atoms with Gasteiger partial charge in [0, 0.05) is 22.1 Å². The Kier molecular flexibility index (Phi) is 7.83. The summed E-state index contributed by atoms with van der Waals surface area (Å²) in [5, 5.41) is 3.56. The molecule has 0 fully saturated rings. The average molecular weight is 540 g/mol. The first-order valence-corrected chi connectivity index (χ1v) is 13.2. The Morgan fingerprint density at radius 3 is 2.34 bits per heavy atom. The summed E-state index contributed by atoms with van der Waals surface area (Å²) in [5.74, 6) is -1.90. The van der Waals surface area contributed by atoms with E-state index in [9.17, 15) is 22.8 Å². The number of hydrogen-bond acceptors (Lipinski definition) is 5. The number of rotatable bonds is 7. The molecule has 8 nitrogen and oxygen atoms in total. The van der Waals surface area contributed by atoms with E-state index in [0.717, 1.165) is 0 Å². The fourth-order valence-electron chi connectivity index (χ4n) is 3.81. The second kappa shape index (κ2) is 10.2. The Balaban J connectivity index is 1.97. The minimum Gasteiger partial charge on any atom is -0.350 e. The Bertz CT molecular complexity index is 1270.